The van der Waals surface area contributed by atoms with E-state index in [4.69, 9.17) is 9.47 Å². The highest BCUT2D eigenvalue weighted by Gasteiger charge is 2.44. The highest BCUT2D eigenvalue weighted by atomic mass is 16.5. The minimum atomic E-state index is -0.470. The average molecular weight is 442 g/mol. The van der Waals surface area contributed by atoms with Gasteiger partial charge in [-0.25, -0.2) is 9.80 Å². The Hall–Kier alpha value is -2.66. The van der Waals surface area contributed by atoms with E-state index in [9.17, 15) is 19.2 Å². The van der Waals surface area contributed by atoms with Crippen LogP contribution in [0.1, 0.15) is 12.8 Å². The van der Waals surface area contributed by atoms with Crippen molar-refractivity contribution in [2.75, 3.05) is 62.4 Å². The molecule has 1 aromatic carbocycles. The molecule has 0 N–H and O–H groups in total. The first-order valence-corrected chi connectivity index (χ1v) is 11.0. The molecule has 0 aliphatic carbocycles. The number of carbonyl (C=O) groups excluding carboxylic acids is 4. The molecule has 10 nitrogen and oxygen atoms in total. The quantitative estimate of drug-likeness (QED) is 0.582. The van der Waals surface area contributed by atoms with Crippen LogP contribution in [-0.2, 0) is 28.7 Å². The first-order valence-electron chi connectivity index (χ1n) is 11.0. The van der Waals surface area contributed by atoms with Crippen molar-refractivity contribution in [3.63, 3.8) is 0 Å². The maximum atomic E-state index is 13.0. The minimum absolute atomic E-state index is 0.144. The highest BCUT2D eigenvalue weighted by molar-refractivity contribution is 6.24. The molecule has 4 saturated heterocycles. The lowest BCUT2D eigenvalue weighted by Crippen LogP contribution is -2.47. The van der Waals surface area contributed by atoms with Crippen molar-refractivity contribution in [1.82, 2.24) is 9.80 Å². The van der Waals surface area contributed by atoms with Crippen molar-refractivity contribution >= 4 is 35.0 Å². The smallest absolute Gasteiger partial charge is 0.251 e. The van der Waals surface area contributed by atoms with Crippen LogP contribution in [0.3, 0.4) is 0 Å². The molecule has 0 spiro atoms. The van der Waals surface area contributed by atoms with Crippen molar-refractivity contribution < 1.29 is 28.7 Å². The molecule has 0 bridgehead atoms. The second kappa shape index (κ2) is 8.70. The van der Waals surface area contributed by atoms with Crippen LogP contribution < -0.4 is 9.80 Å². The van der Waals surface area contributed by atoms with Gasteiger partial charge in [-0.05, 0) is 24.3 Å². The predicted molar refractivity (Wildman–Crippen MR) is 113 cm³/mol. The summed E-state index contributed by atoms with van der Waals surface area (Å²) in [5.41, 5.74) is 0.895. The third-order valence-corrected chi connectivity index (χ3v) is 6.58. The number of anilines is 2. The van der Waals surface area contributed by atoms with Crippen LogP contribution in [0.5, 0.6) is 0 Å². The molecule has 10 heteroatoms. The maximum absolute atomic E-state index is 13.0. The topological polar surface area (TPSA) is 99.7 Å². The summed E-state index contributed by atoms with van der Waals surface area (Å²) in [5.74, 6) is -0.990. The van der Waals surface area contributed by atoms with Crippen molar-refractivity contribution in [3.8, 4) is 0 Å². The van der Waals surface area contributed by atoms with E-state index >= 15 is 0 Å². The molecule has 0 saturated carbocycles. The van der Waals surface area contributed by atoms with Crippen LogP contribution in [0.15, 0.2) is 24.3 Å². The summed E-state index contributed by atoms with van der Waals surface area (Å²) in [5, 5.41) is 0. The number of amides is 4. The predicted octanol–water partition coefficient (Wildman–Crippen LogP) is -0.385. The van der Waals surface area contributed by atoms with Crippen molar-refractivity contribution in [1.29, 1.82) is 0 Å². The zero-order valence-electron chi connectivity index (χ0n) is 17.8. The lowest BCUT2D eigenvalue weighted by atomic mass is 10.2. The van der Waals surface area contributed by atoms with Crippen LogP contribution >= 0.6 is 0 Å². The zero-order valence-corrected chi connectivity index (χ0v) is 17.8. The van der Waals surface area contributed by atoms with Crippen molar-refractivity contribution in [2.24, 2.45) is 0 Å². The third-order valence-electron chi connectivity index (χ3n) is 6.58. The molecule has 0 radical (unpaired) electrons. The van der Waals surface area contributed by atoms with Crippen LogP contribution in [0.2, 0.25) is 0 Å². The molecular formula is C22H26N4O6. The SMILES string of the molecule is O=C1C[C@@H](N2CCOCC2)C(=O)N1c1ccc(N2C(=O)C[C@H](N3CCOCC3)C2=O)cc1. The van der Waals surface area contributed by atoms with Gasteiger partial charge in [-0.1, -0.05) is 0 Å². The fourth-order valence-electron chi connectivity index (χ4n) is 4.87. The van der Waals surface area contributed by atoms with Gasteiger partial charge in [0.1, 0.15) is 0 Å². The normalized spacial score (nSPS) is 28.2. The Balaban J connectivity index is 1.31. The van der Waals surface area contributed by atoms with E-state index < -0.39 is 12.1 Å². The largest absolute Gasteiger partial charge is 0.379 e. The average Bonchev–Trinajstić information content (AvgIpc) is 3.29. The summed E-state index contributed by atoms with van der Waals surface area (Å²) in [4.78, 5) is 57.6. The molecule has 32 heavy (non-hydrogen) atoms. The van der Waals surface area contributed by atoms with Gasteiger partial charge in [-0.3, -0.25) is 29.0 Å². The van der Waals surface area contributed by atoms with Crippen molar-refractivity contribution in [2.45, 2.75) is 24.9 Å². The highest BCUT2D eigenvalue weighted by Crippen LogP contribution is 2.31. The molecule has 4 amide bonds. The lowest BCUT2D eigenvalue weighted by Gasteiger charge is -2.30. The summed E-state index contributed by atoms with van der Waals surface area (Å²) < 4.78 is 10.7. The first-order chi connectivity index (χ1) is 15.5. The molecule has 5 rings (SSSR count). The molecule has 4 heterocycles. The Morgan fingerprint density at radius 3 is 1.28 bits per heavy atom. The molecule has 1 aromatic rings. The third kappa shape index (κ3) is 3.73. The van der Waals surface area contributed by atoms with E-state index in [0.717, 1.165) is 0 Å². The number of carbonyl (C=O) groups is 4. The zero-order chi connectivity index (χ0) is 22.2. The van der Waals surface area contributed by atoms with E-state index in [1.54, 1.807) is 24.3 Å². The fraction of sp³-hybridized carbons (Fsp3) is 0.545. The van der Waals surface area contributed by atoms with Gasteiger partial charge < -0.3 is 9.47 Å². The monoisotopic (exact) mass is 442 g/mol. The number of rotatable bonds is 4. The van der Waals surface area contributed by atoms with Gasteiger partial charge in [0.2, 0.25) is 11.8 Å². The van der Waals surface area contributed by atoms with E-state index in [0.29, 0.717) is 64.0 Å². The lowest BCUT2D eigenvalue weighted by molar-refractivity contribution is -0.125. The molecule has 0 unspecified atom stereocenters. The summed E-state index contributed by atoms with van der Waals surface area (Å²) in [6.07, 6.45) is 0.288. The number of nitrogens with zero attached hydrogens (tertiary/aromatic N) is 4. The Morgan fingerprint density at radius 1 is 0.594 bits per heavy atom. The van der Waals surface area contributed by atoms with Gasteiger partial charge in [0.15, 0.2) is 0 Å². The Labute approximate surface area is 185 Å². The van der Waals surface area contributed by atoms with E-state index in [2.05, 4.69) is 0 Å². The number of ether oxygens (including phenoxy) is 2. The molecular weight excluding hydrogens is 416 g/mol. The van der Waals surface area contributed by atoms with Gasteiger partial charge in [-0.15, -0.1) is 0 Å². The van der Waals surface area contributed by atoms with Gasteiger partial charge in [0, 0.05) is 26.2 Å². The minimum Gasteiger partial charge on any atom is -0.379 e. The molecule has 2 atom stereocenters. The van der Waals surface area contributed by atoms with E-state index in [1.165, 1.54) is 9.80 Å². The fourth-order valence-corrected chi connectivity index (χ4v) is 4.87. The van der Waals surface area contributed by atoms with Gasteiger partial charge in [0.25, 0.3) is 11.8 Å². The maximum Gasteiger partial charge on any atom is 0.251 e. The first kappa shape index (κ1) is 21.2. The number of imide groups is 2. The molecule has 4 fully saturated rings. The molecule has 4 aliphatic rings. The number of hydrogen-bond donors (Lipinski definition) is 0. The second-order valence-electron chi connectivity index (χ2n) is 8.39. The Bertz CT molecular complexity index is 848. The van der Waals surface area contributed by atoms with Gasteiger partial charge in [0.05, 0.1) is 62.7 Å². The van der Waals surface area contributed by atoms with Gasteiger partial charge >= 0.3 is 0 Å². The van der Waals surface area contributed by atoms with Crippen LogP contribution in [0, 0.1) is 0 Å². The van der Waals surface area contributed by atoms with E-state index in [-0.39, 0.29) is 36.5 Å². The summed E-state index contributed by atoms with van der Waals surface area (Å²) in [7, 11) is 0. The molecule has 4 aliphatic heterocycles. The number of morpholine rings is 2. The summed E-state index contributed by atoms with van der Waals surface area (Å²) >= 11 is 0. The number of hydrogen-bond acceptors (Lipinski definition) is 8. The second-order valence-corrected chi connectivity index (χ2v) is 8.39. The molecule has 0 aromatic heterocycles. The summed E-state index contributed by atoms with van der Waals surface area (Å²) in [6.45, 7) is 4.71. The summed E-state index contributed by atoms with van der Waals surface area (Å²) in [6, 6.07) is 5.54. The Morgan fingerprint density at radius 2 is 0.938 bits per heavy atom. The molecule has 170 valence electrons. The van der Waals surface area contributed by atoms with Crippen molar-refractivity contribution in [3.05, 3.63) is 24.3 Å². The van der Waals surface area contributed by atoms with Gasteiger partial charge in [-0.2, -0.15) is 0 Å². The van der Waals surface area contributed by atoms with Crippen LogP contribution in [-0.4, -0.2) is 98.1 Å². The Kier molecular flexibility index (Phi) is 5.76. The van der Waals surface area contributed by atoms with E-state index in [1.807, 2.05) is 9.80 Å². The standard InChI is InChI=1S/C22H26N4O6/c27-19-13-17(23-5-9-31-10-6-23)21(29)25(19)15-1-2-16(4-3-15)26-20(28)14-18(22(26)30)24-7-11-32-12-8-24/h1-4,17-18H,5-14H2/t17-,18+. The number of benzene rings is 1. The van der Waals surface area contributed by atoms with Crippen LogP contribution in [0.25, 0.3) is 0 Å². The van der Waals surface area contributed by atoms with Crippen LogP contribution in [0.4, 0.5) is 11.4 Å².